The van der Waals surface area contributed by atoms with Crippen molar-refractivity contribution >= 4 is 0 Å². The largest absolute Gasteiger partial charge is 0.326 e. The third-order valence-electron chi connectivity index (χ3n) is 4.21. The highest BCUT2D eigenvalue weighted by molar-refractivity contribution is 5.13. The monoisotopic (exact) mass is 265 g/mol. The van der Waals surface area contributed by atoms with E-state index in [-0.39, 0.29) is 12.1 Å². The zero-order valence-corrected chi connectivity index (χ0v) is 12.6. The molecule has 0 aromatic carbocycles. The molecular weight excluding hydrogens is 238 g/mol. The van der Waals surface area contributed by atoms with Crippen LogP contribution in [-0.4, -0.2) is 58.8 Å². The molecule has 19 heavy (non-hydrogen) atoms. The Balaban J connectivity index is 2.06. The minimum atomic E-state index is 0.0981. The fourth-order valence-corrected chi connectivity index (χ4v) is 3.21. The SMILES string of the molecule is CC(N)C(c1cnn(C)c1)N(C)CC1CCCN1C. The van der Waals surface area contributed by atoms with E-state index in [2.05, 4.69) is 42.1 Å². The standard InChI is InChI=1S/C14H27N5/c1-11(15)14(12-8-16-19(4)9-12)18(3)10-13-6-5-7-17(13)2/h8-9,11,13-14H,5-7,10,15H2,1-4H3. The van der Waals surface area contributed by atoms with Crippen molar-refractivity contribution in [3.8, 4) is 0 Å². The molecule has 0 radical (unpaired) electrons. The predicted octanol–water partition coefficient (Wildman–Crippen LogP) is 0.834. The summed E-state index contributed by atoms with van der Waals surface area (Å²) in [5.74, 6) is 0. The molecule has 1 aliphatic heterocycles. The first kappa shape index (κ1) is 14.5. The lowest BCUT2D eigenvalue weighted by Gasteiger charge is -2.34. The number of aryl methyl sites for hydroxylation is 1. The van der Waals surface area contributed by atoms with Crippen LogP contribution < -0.4 is 5.73 Å². The van der Waals surface area contributed by atoms with E-state index in [1.807, 2.05) is 17.9 Å². The maximum atomic E-state index is 6.20. The van der Waals surface area contributed by atoms with Crippen molar-refractivity contribution < 1.29 is 0 Å². The molecule has 1 saturated heterocycles. The minimum Gasteiger partial charge on any atom is -0.326 e. The summed E-state index contributed by atoms with van der Waals surface area (Å²) >= 11 is 0. The van der Waals surface area contributed by atoms with Gasteiger partial charge in [0, 0.05) is 37.4 Å². The van der Waals surface area contributed by atoms with E-state index in [0.717, 1.165) is 6.54 Å². The molecule has 5 nitrogen and oxygen atoms in total. The zero-order chi connectivity index (χ0) is 14.0. The van der Waals surface area contributed by atoms with Gasteiger partial charge in [-0.15, -0.1) is 0 Å². The van der Waals surface area contributed by atoms with Gasteiger partial charge in [0.15, 0.2) is 0 Å². The van der Waals surface area contributed by atoms with Crippen molar-refractivity contribution in [2.24, 2.45) is 12.8 Å². The molecule has 1 aromatic rings. The van der Waals surface area contributed by atoms with Gasteiger partial charge in [0.2, 0.25) is 0 Å². The first-order valence-corrected chi connectivity index (χ1v) is 7.13. The Morgan fingerprint density at radius 3 is 2.74 bits per heavy atom. The molecule has 3 unspecified atom stereocenters. The highest BCUT2D eigenvalue weighted by atomic mass is 15.3. The highest BCUT2D eigenvalue weighted by Gasteiger charge is 2.28. The van der Waals surface area contributed by atoms with Crippen LogP contribution >= 0.6 is 0 Å². The Hall–Kier alpha value is -0.910. The van der Waals surface area contributed by atoms with E-state index in [1.165, 1.54) is 24.9 Å². The summed E-state index contributed by atoms with van der Waals surface area (Å²) in [5, 5.41) is 4.27. The molecule has 2 N–H and O–H groups in total. The van der Waals surface area contributed by atoms with Gasteiger partial charge < -0.3 is 10.6 Å². The summed E-state index contributed by atoms with van der Waals surface area (Å²) in [6.45, 7) is 4.36. The van der Waals surface area contributed by atoms with Gasteiger partial charge in [-0.1, -0.05) is 0 Å². The fraction of sp³-hybridized carbons (Fsp3) is 0.786. The van der Waals surface area contributed by atoms with Gasteiger partial charge in [0.25, 0.3) is 0 Å². The summed E-state index contributed by atoms with van der Waals surface area (Å²) in [6, 6.07) is 0.992. The molecule has 2 rings (SSSR count). The maximum Gasteiger partial charge on any atom is 0.0538 e. The van der Waals surface area contributed by atoms with E-state index < -0.39 is 0 Å². The summed E-state index contributed by atoms with van der Waals surface area (Å²) in [7, 11) is 6.34. The van der Waals surface area contributed by atoms with Gasteiger partial charge >= 0.3 is 0 Å². The van der Waals surface area contributed by atoms with Crippen LogP contribution in [0.4, 0.5) is 0 Å². The van der Waals surface area contributed by atoms with Gasteiger partial charge in [0.05, 0.1) is 12.2 Å². The second-order valence-corrected chi connectivity index (χ2v) is 5.97. The highest BCUT2D eigenvalue weighted by Crippen LogP contribution is 2.24. The molecule has 1 aromatic heterocycles. The van der Waals surface area contributed by atoms with Crippen molar-refractivity contribution in [3.05, 3.63) is 18.0 Å². The van der Waals surface area contributed by atoms with Crippen LogP contribution in [0.15, 0.2) is 12.4 Å². The Labute approximate surface area is 116 Å². The number of rotatable bonds is 5. The Kier molecular flexibility index (Phi) is 4.60. The minimum absolute atomic E-state index is 0.0981. The number of aromatic nitrogens is 2. The predicted molar refractivity (Wildman–Crippen MR) is 77.9 cm³/mol. The summed E-state index contributed by atoms with van der Waals surface area (Å²) in [4.78, 5) is 4.84. The fourth-order valence-electron chi connectivity index (χ4n) is 3.21. The normalized spacial score (nSPS) is 24.0. The van der Waals surface area contributed by atoms with Gasteiger partial charge in [0.1, 0.15) is 0 Å². The summed E-state index contributed by atoms with van der Waals surface area (Å²) in [6.07, 6.45) is 6.61. The number of likely N-dealkylation sites (N-methyl/N-ethyl adjacent to an activating group) is 2. The molecule has 5 heteroatoms. The quantitative estimate of drug-likeness (QED) is 0.857. The second-order valence-electron chi connectivity index (χ2n) is 5.97. The van der Waals surface area contributed by atoms with Crippen molar-refractivity contribution in [2.75, 3.05) is 27.2 Å². The number of nitrogens with two attached hydrogens (primary N) is 1. The van der Waals surface area contributed by atoms with Crippen LogP contribution in [0.2, 0.25) is 0 Å². The Bertz CT molecular complexity index is 400. The number of hydrogen-bond acceptors (Lipinski definition) is 4. The topological polar surface area (TPSA) is 50.3 Å². The van der Waals surface area contributed by atoms with Gasteiger partial charge in [-0.25, -0.2) is 0 Å². The van der Waals surface area contributed by atoms with E-state index in [1.54, 1.807) is 0 Å². The zero-order valence-electron chi connectivity index (χ0n) is 12.6. The van der Waals surface area contributed by atoms with Crippen LogP contribution in [0.1, 0.15) is 31.4 Å². The van der Waals surface area contributed by atoms with Crippen LogP contribution in [0.25, 0.3) is 0 Å². The van der Waals surface area contributed by atoms with E-state index in [0.29, 0.717) is 6.04 Å². The Morgan fingerprint density at radius 1 is 1.53 bits per heavy atom. The van der Waals surface area contributed by atoms with Crippen LogP contribution in [0.5, 0.6) is 0 Å². The molecular formula is C14H27N5. The van der Waals surface area contributed by atoms with Crippen molar-refractivity contribution in [1.82, 2.24) is 19.6 Å². The first-order valence-electron chi connectivity index (χ1n) is 7.13. The van der Waals surface area contributed by atoms with E-state index >= 15 is 0 Å². The van der Waals surface area contributed by atoms with Crippen molar-refractivity contribution in [1.29, 1.82) is 0 Å². The summed E-state index contributed by atoms with van der Waals surface area (Å²) in [5.41, 5.74) is 7.40. The summed E-state index contributed by atoms with van der Waals surface area (Å²) < 4.78 is 1.85. The second kappa shape index (κ2) is 6.03. The molecule has 108 valence electrons. The van der Waals surface area contributed by atoms with Gasteiger partial charge in [-0.3, -0.25) is 9.58 Å². The van der Waals surface area contributed by atoms with Crippen LogP contribution in [-0.2, 0) is 7.05 Å². The van der Waals surface area contributed by atoms with Crippen molar-refractivity contribution in [3.63, 3.8) is 0 Å². The van der Waals surface area contributed by atoms with Gasteiger partial charge in [-0.05, 0) is 40.4 Å². The number of likely N-dealkylation sites (tertiary alicyclic amines) is 1. The van der Waals surface area contributed by atoms with E-state index in [9.17, 15) is 0 Å². The lowest BCUT2D eigenvalue weighted by Crippen LogP contribution is -2.43. The average molecular weight is 265 g/mol. The molecule has 3 atom stereocenters. The molecule has 0 saturated carbocycles. The molecule has 0 amide bonds. The number of hydrogen-bond donors (Lipinski definition) is 1. The first-order chi connectivity index (χ1) is 8.99. The van der Waals surface area contributed by atoms with Crippen LogP contribution in [0.3, 0.4) is 0 Å². The van der Waals surface area contributed by atoms with Gasteiger partial charge in [-0.2, -0.15) is 5.10 Å². The number of nitrogens with zero attached hydrogens (tertiary/aromatic N) is 4. The van der Waals surface area contributed by atoms with E-state index in [4.69, 9.17) is 5.73 Å². The van der Waals surface area contributed by atoms with Crippen LogP contribution in [0, 0.1) is 0 Å². The Morgan fingerprint density at radius 2 is 2.26 bits per heavy atom. The smallest absolute Gasteiger partial charge is 0.0538 e. The molecule has 2 heterocycles. The molecule has 1 aliphatic rings. The lowest BCUT2D eigenvalue weighted by atomic mass is 10.0. The molecule has 1 fully saturated rings. The van der Waals surface area contributed by atoms with Crippen molar-refractivity contribution in [2.45, 2.75) is 37.9 Å². The maximum absolute atomic E-state index is 6.20. The third-order valence-corrected chi connectivity index (χ3v) is 4.21. The lowest BCUT2D eigenvalue weighted by molar-refractivity contribution is 0.163. The molecule has 0 bridgehead atoms. The third kappa shape index (κ3) is 3.35. The molecule has 0 spiro atoms. The molecule has 0 aliphatic carbocycles. The average Bonchev–Trinajstić information content (AvgIpc) is 2.89.